The van der Waals surface area contributed by atoms with Gasteiger partial charge in [0.15, 0.2) is 12.3 Å². The fraction of sp³-hybridized carbons (Fsp3) is 0.211. The summed E-state index contributed by atoms with van der Waals surface area (Å²) >= 11 is 0. The summed E-state index contributed by atoms with van der Waals surface area (Å²) in [4.78, 5) is 39.7. The summed E-state index contributed by atoms with van der Waals surface area (Å²) in [6, 6.07) is 10.5. The number of hydrogen-bond donors (Lipinski definition) is 2. The monoisotopic (exact) mass is 381 g/mol. The van der Waals surface area contributed by atoms with Crippen LogP contribution >= 0.6 is 0 Å². The molecule has 0 aliphatic rings. The molecule has 9 heteroatoms. The van der Waals surface area contributed by atoms with Crippen LogP contribution in [0, 0.1) is 0 Å². The fourth-order valence-electron chi connectivity index (χ4n) is 2.53. The number of imide groups is 1. The number of carbonyl (C=O) groups excluding carboxylic acids is 3. The number of urea groups is 1. The van der Waals surface area contributed by atoms with Crippen molar-refractivity contribution in [3.8, 4) is 11.3 Å². The largest absolute Gasteiger partial charge is 0.452 e. The van der Waals surface area contributed by atoms with E-state index in [0.29, 0.717) is 5.65 Å². The molecule has 2 heterocycles. The van der Waals surface area contributed by atoms with Gasteiger partial charge in [0, 0.05) is 17.8 Å². The van der Waals surface area contributed by atoms with Crippen molar-refractivity contribution in [2.45, 2.75) is 19.9 Å². The van der Waals surface area contributed by atoms with Crippen molar-refractivity contribution in [1.29, 1.82) is 0 Å². The molecule has 0 fully saturated rings. The van der Waals surface area contributed by atoms with Crippen LogP contribution in [0.2, 0.25) is 0 Å². The molecule has 1 aromatic carbocycles. The van der Waals surface area contributed by atoms with Crippen LogP contribution in [0.1, 0.15) is 24.2 Å². The number of benzene rings is 1. The van der Waals surface area contributed by atoms with Crippen molar-refractivity contribution in [2.75, 3.05) is 6.61 Å². The second-order valence-electron chi connectivity index (χ2n) is 6.24. The van der Waals surface area contributed by atoms with E-state index < -0.39 is 24.5 Å². The van der Waals surface area contributed by atoms with Crippen molar-refractivity contribution >= 4 is 23.6 Å². The summed E-state index contributed by atoms with van der Waals surface area (Å²) in [6.45, 7) is 2.91. The zero-order chi connectivity index (χ0) is 20.1. The summed E-state index contributed by atoms with van der Waals surface area (Å²) < 4.78 is 6.51. The first-order valence-corrected chi connectivity index (χ1v) is 8.61. The molecule has 2 N–H and O–H groups in total. The Kier molecular flexibility index (Phi) is 5.64. The van der Waals surface area contributed by atoms with E-state index in [2.05, 4.69) is 20.7 Å². The minimum Gasteiger partial charge on any atom is -0.452 e. The summed E-state index contributed by atoms with van der Waals surface area (Å²) in [7, 11) is 0. The van der Waals surface area contributed by atoms with Crippen molar-refractivity contribution < 1.29 is 19.1 Å². The first-order valence-electron chi connectivity index (χ1n) is 8.61. The summed E-state index contributed by atoms with van der Waals surface area (Å²) in [6.07, 6.45) is 2.90. The molecular formula is C19H19N5O4. The van der Waals surface area contributed by atoms with Crippen LogP contribution in [0.3, 0.4) is 0 Å². The number of esters is 1. The van der Waals surface area contributed by atoms with Crippen LogP contribution < -0.4 is 10.6 Å². The second-order valence-corrected chi connectivity index (χ2v) is 6.24. The molecule has 0 unspecified atom stereocenters. The van der Waals surface area contributed by atoms with E-state index in [9.17, 15) is 14.4 Å². The molecule has 2 aromatic heterocycles. The summed E-state index contributed by atoms with van der Waals surface area (Å²) in [5.41, 5.74) is 2.10. The van der Waals surface area contributed by atoms with E-state index in [4.69, 9.17) is 4.74 Å². The van der Waals surface area contributed by atoms with Crippen LogP contribution in [0.15, 0.2) is 48.8 Å². The Bertz CT molecular complexity index is 1010. The Morgan fingerprint density at radius 2 is 1.89 bits per heavy atom. The lowest BCUT2D eigenvalue weighted by molar-refractivity contribution is -0.123. The standard InChI is InChI=1S/C19H19N5O4/c1-12(2)22-19(27)23-16(25)11-28-18(26)14-10-21-24-15(8-9-20-17(14)24)13-6-4-3-5-7-13/h3-10,12H,11H2,1-2H3,(H2,22,23,25,27). The third-order valence-electron chi connectivity index (χ3n) is 3.70. The van der Waals surface area contributed by atoms with Crippen LogP contribution in [0.25, 0.3) is 16.9 Å². The van der Waals surface area contributed by atoms with Crippen molar-refractivity contribution in [2.24, 2.45) is 0 Å². The van der Waals surface area contributed by atoms with Crippen molar-refractivity contribution in [3.63, 3.8) is 0 Å². The Morgan fingerprint density at radius 1 is 1.14 bits per heavy atom. The van der Waals surface area contributed by atoms with Crippen LogP contribution in [-0.4, -0.2) is 45.2 Å². The Labute approximate surface area is 160 Å². The zero-order valence-electron chi connectivity index (χ0n) is 15.4. The van der Waals surface area contributed by atoms with E-state index >= 15 is 0 Å². The lowest BCUT2D eigenvalue weighted by Crippen LogP contribution is -2.44. The fourth-order valence-corrected chi connectivity index (χ4v) is 2.53. The predicted molar refractivity (Wildman–Crippen MR) is 101 cm³/mol. The molecule has 3 amide bonds. The number of aromatic nitrogens is 3. The molecule has 3 aromatic rings. The number of rotatable bonds is 5. The average Bonchev–Trinajstić information content (AvgIpc) is 3.10. The van der Waals surface area contributed by atoms with Gasteiger partial charge in [0.1, 0.15) is 5.56 Å². The quantitative estimate of drug-likeness (QED) is 0.651. The first kappa shape index (κ1) is 19.0. The van der Waals surface area contributed by atoms with Crippen molar-refractivity contribution in [1.82, 2.24) is 25.2 Å². The van der Waals surface area contributed by atoms with Gasteiger partial charge >= 0.3 is 12.0 Å². The highest BCUT2D eigenvalue weighted by molar-refractivity contribution is 5.99. The minimum atomic E-state index is -0.757. The zero-order valence-corrected chi connectivity index (χ0v) is 15.4. The molecule has 0 atom stereocenters. The van der Waals surface area contributed by atoms with Gasteiger partial charge in [-0.15, -0.1) is 0 Å². The van der Waals surface area contributed by atoms with E-state index in [1.54, 1.807) is 26.1 Å². The van der Waals surface area contributed by atoms with Gasteiger partial charge in [-0.3, -0.25) is 10.1 Å². The normalized spacial score (nSPS) is 10.7. The highest BCUT2D eigenvalue weighted by Gasteiger charge is 2.19. The number of carbonyl (C=O) groups is 3. The highest BCUT2D eigenvalue weighted by atomic mass is 16.5. The molecular weight excluding hydrogens is 362 g/mol. The SMILES string of the molecule is CC(C)NC(=O)NC(=O)COC(=O)c1cnn2c(-c3ccccc3)ccnc12. The number of ether oxygens (including phenoxy) is 1. The minimum absolute atomic E-state index is 0.122. The number of nitrogens with one attached hydrogen (secondary N) is 2. The van der Waals surface area contributed by atoms with Gasteiger partial charge in [0.05, 0.1) is 11.9 Å². The maximum atomic E-state index is 12.3. The molecule has 9 nitrogen and oxygen atoms in total. The molecule has 0 saturated carbocycles. The first-order chi connectivity index (χ1) is 13.5. The van der Waals surface area contributed by atoms with E-state index in [0.717, 1.165) is 11.3 Å². The average molecular weight is 381 g/mol. The maximum absolute atomic E-state index is 12.3. The molecule has 0 radical (unpaired) electrons. The van der Waals surface area contributed by atoms with Gasteiger partial charge in [-0.25, -0.2) is 19.1 Å². The molecule has 0 aliphatic carbocycles. The Balaban J connectivity index is 1.71. The van der Waals surface area contributed by atoms with Crippen LogP contribution in [-0.2, 0) is 9.53 Å². The molecule has 3 rings (SSSR count). The predicted octanol–water partition coefficient (Wildman–Crippen LogP) is 1.79. The van der Waals surface area contributed by atoms with Gasteiger partial charge in [0.25, 0.3) is 5.91 Å². The molecule has 28 heavy (non-hydrogen) atoms. The molecule has 0 spiro atoms. The summed E-state index contributed by atoms with van der Waals surface area (Å²) in [5.74, 6) is -1.49. The Morgan fingerprint density at radius 3 is 2.61 bits per heavy atom. The third kappa shape index (κ3) is 4.32. The van der Waals surface area contributed by atoms with E-state index in [1.807, 2.05) is 30.3 Å². The van der Waals surface area contributed by atoms with Crippen LogP contribution in [0.5, 0.6) is 0 Å². The lowest BCUT2D eigenvalue weighted by atomic mass is 10.1. The van der Waals surface area contributed by atoms with E-state index in [1.165, 1.54) is 10.7 Å². The molecule has 144 valence electrons. The highest BCUT2D eigenvalue weighted by Crippen LogP contribution is 2.20. The van der Waals surface area contributed by atoms with Gasteiger partial charge in [-0.05, 0) is 19.9 Å². The lowest BCUT2D eigenvalue weighted by Gasteiger charge is -2.09. The molecule has 0 saturated heterocycles. The number of nitrogens with zero attached hydrogens (tertiary/aromatic N) is 3. The van der Waals surface area contributed by atoms with Gasteiger partial charge in [0.2, 0.25) is 0 Å². The van der Waals surface area contributed by atoms with E-state index in [-0.39, 0.29) is 11.6 Å². The summed E-state index contributed by atoms with van der Waals surface area (Å²) in [5, 5.41) is 8.79. The van der Waals surface area contributed by atoms with Gasteiger partial charge in [-0.1, -0.05) is 30.3 Å². The number of amides is 3. The topological polar surface area (TPSA) is 115 Å². The maximum Gasteiger partial charge on any atom is 0.344 e. The smallest absolute Gasteiger partial charge is 0.344 e. The number of fused-ring (bicyclic) bond motifs is 1. The van der Waals surface area contributed by atoms with Crippen LogP contribution in [0.4, 0.5) is 4.79 Å². The van der Waals surface area contributed by atoms with Gasteiger partial charge < -0.3 is 10.1 Å². The number of hydrogen-bond acceptors (Lipinski definition) is 6. The third-order valence-corrected chi connectivity index (χ3v) is 3.70. The van der Waals surface area contributed by atoms with Gasteiger partial charge in [-0.2, -0.15) is 5.10 Å². The van der Waals surface area contributed by atoms with Crippen molar-refractivity contribution in [3.05, 3.63) is 54.4 Å². The molecule has 0 aliphatic heterocycles. The molecule has 0 bridgehead atoms. The Hall–Kier alpha value is -3.75. The second kappa shape index (κ2) is 8.30.